The maximum atomic E-state index is 12.4. The normalized spacial score (nSPS) is 10.5. The molecule has 0 amide bonds. The van der Waals surface area contributed by atoms with E-state index in [0.29, 0.717) is 24.0 Å². The van der Waals surface area contributed by atoms with Gasteiger partial charge in [-0.2, -0.15) is 0 Å². The molecule has 2 aromatic carbocycles. The summed E-state index contributed by atoms with van der Waals surface area (Å²) in [7, 11) is 0. The number of esters is 4. The fourth-order valence-corrected chi connectivity index (χ4v) is 3.66. The summed E-state index contributed by atoms with van der Waals surface area (Å²) in [6.45, 7) is 7.77. The summed E-state index contributed by atoms with van der Waals surface area (Å²) < 4.78 is 9.66. The van der Waals surface area contributed by atoms with E-state index in [4.69, 9.17) is 9.47 Å². The summed E-state index contributed by atoms with van der Waals surface area (Å²) in [5.74, 6) is -3.77. The van der Waals surface area contributed by atoms with Crippen LogP contribution in [-0.2, 0) is 44.7 Å². The number of benzene rings is 2. The maximum absolute atomic E-state index is 12.4. The van der Waals surface area contributed by atoms with E-state index in [1.807, 2.05) is 39.8 Å². The molecular weight excluding hydrogens is 396 g/mol. The molecule has 0 atom stereocenters. The summed E-state index contributed by atoms with van der Waals surface area (Å²) >= 11 is 0. The van der Waals surface area contributed by atoms with Gasteiger partial charge in [-0.25, -0.2) is 9.59 Å². The van der Waals surface area contributed by atoms with Gasteiger partial charge in [0.2, 0.25) is 0 Å². The minimum absolute atomic E-state index is 0.295. The predicted octanol–water partition coefficient (Wildman–Crippen LogP) is 4.39. The van der Waals surface area contributed by atoms with E-state index in [0.717, 1.165) is 35.1 Å². The van der Waals surface area contributed by atoms with E-state index >= 15 is 0 Å². The SMILES string of the molecule is CCc1cccc(C(=O)OC(=O)CC(=O)OC(=O)c2cccc(CC)c2CC)c1CC. The number of rotatable bonds is 8. The van der Waals surface area contributed by atoms with Crippen LogP contribution in [0, 0.1) is 0 Å². The zero-order valence-corrected chi connectivity index (χ0v) is 18.4. The van der Waals surface area contributed by atoms with Gasteiger partial charge in [-0.1, -0.05) is 52.0 Å². The van der Waals surface area contributed by atoms with Gasteiger partial charge in [0.25, 0.3) is 0 Å². The van der Waals surface area contributed by atoms with Gasteiger partial charge in [0.05, 0.1) is 11.1 Å². The molecular formula is C25H28O6. The summed E-state index contributed by atoms with van der Waals surface area (Å²) in [4.78, 5) is 49.0. The second kappa shape index (κ2) is 11.2. The van der Waals surface area contributed by atoms with Crippen LogP contribution in [0.2, 0.25) is 0 Å². The van der Waals surface area contributed by atoms with Crippen molar-refractivity contribution in [2.45, 2.75) is 59.8 Å². The molecule has 0 saturated carbocycles. The second-order valence-electron chi connectivity index (χ2n) is 7.00. The minimum atomic E-state index is -1.07. The summed E-state index contributed by atoms with van der Waals surface area (Å²) in [5, 5.41) is 0. The van der Waals surface area contributed by atoms with Crippen LogP contribution in [0.1, 0.15) is 77.1 Å². The molecule has 2 aromatic rings. The van der Waals surface area contributed by atoms with Crippen molar-refractivity contribution >= 4 is 23.9 Å². The Kier molecular flexibility index (Phi) is 8.67. The Morgan fingerprint density at radius 1 is 0.613 bits per heavy atom. The van der Waals surface area contributed by atoms with Crippen molar-refractivity contribution in [1.82, 2.24) is 0 Å². The largest absolute Gasteiger partial charge is 0.389 e. The number of ether oxygens (including phenoxy) is 2. The highest BCUT2D eigenvalue weighted by atomic mass is 16.6. The van der Waals surface area contributed by atoms with Crippen LogP contribution in [0.5, 0.6) is 0 Å². The molecule has 0 saturated heterocycles. The first kappa shape index (κ1) is 24.0. The molecule has 0 fully saturated rings. The van der Waals surface area contributed by atoms with Crippen molar-refractivity contribution < 1.29 is 28.7 Å². The minimum Gasteiger partial charge on any atom is -0.389 e. The average molecular weight is 424 g/mol. The van der Waals surface area contributed by atoms with Crippen LogP contribution in [0.3, 0.4) is 0 Å². The standard InChI is InChI=1S/C25H28O6/c1-5-16-11-9-13-20(18(16)7-3)24(28)30-22(26)15-23(27)31-25(29)21-14-10-12-17(6-2)19(21)8-4/h9-14H,5-8,15H2,1-4H3. The molecule has 0 aliphatic rings. The summed E-state index contributed by atoms with van der Waals surface area (Å²) in [6.07, 6.45) is 1.87. The second-order valence-corrected chi connectivity index (χ2v) is 7.00. The molecule has 2 rings (SSSR count). The van der Waals surface area contributed by atoms with Gasteiger partial charge in [0.1, 0.15) is 6.42 Å². The highest BCUT2D eigenvalue weighted by molar-refractivity contribution is 6.05. The molecule has 6 nitrogen and oxygen atoms in total. The quantitative estimate of drug-likeness (QED) is 0.461. The Hall–Kier alpha value is -3.28. The lowest BCUT2D eigenvalue weighted by Crippen LogP contribution is -2.21. The van der Waals surface area contributed by atoms with Crippen molar-refractivity contribution in [3.05, 3.63) is 69.8 Å². The van der Waals surface area contributed by atoms with Gasteiger partial charge >= 0.3 is 23.9 Å². The molecule has 6 heteroatoms. The van der Waals surface area contributed by atoms with Gasteiger partial charge in [0.15, 0.2) is 0 Å². The summed E-state index contributed by atoms with van der Waals surface area (Å²) in [6, 6.07) is 10.4. The van der Waals surface area contributed by atoms with E-state index in [1.165, 1.54) is 0 Å². The number of carbonyl (C=O) groups excluding carboxylic acids is 4. The molecule has 0 aliphatic heterocycles. The molecule has 0 radical (unpaired) electrons. The van der Waals surface area contributed by atoms with Crippen molar-refractivity contribution in [2.24, 2.45) is 0 Å². The number of aryl methyl sites for hydroxylation is 2. The Balaban J connectivity index is 2.03. The third-order valence-electron chi connectivity index (χ3n) is 5.16. The Labute approximate surface area is 182 Å². The van der Waals surface area contributed by atoms with Crippen molar-refractivity contribution in [2.75, 3.05) is 0 Å². The monoisotopic (exact) mass is 424 g/mol. The van der Waals surface area contributed by atoms with Gasteiger partial charge in [-0.05, 0) is 60.1 Å². The average Bonchev–Trinajstić information content (AvgIpc) is 2.77. The molecule has 0 aromatic heterocycles. The fraction of sp³-hybridized carbons (Fsp3) is 0.360. The van der Waals surface area contributed by atoms with Crippen LogP contribution >= 0.6 is 0 Å². The topological polar surface area (TPSA) is 86.7 Å². The lowest BCUT2D eigenvalue weighted by Gasteiger charge is -2.12. The van der Waals surface area contributed by atoms with E-state index in [1.54, 1.807) is 24.3 Å². The first-order chi connectivity index (χ1) is 14.9. The van der Waals surface area contributed by atoms with Gasteiger partial charge in [-0.15, -0.1) is 0 Å². The van der Waals surface area contributed by atoms with Crippen LogP contribution in [0.15, 0.2) is 36.4 Å². The highest BCUT2D eigenvalue weighted by Gasteiger charge is 2.23. The number of carbonyl (C=O) groups is 4. The predicted molar refractivity (Wildman–Crippen MR) is 116 cm³/mol. The molecule has 0 heterocycles. The van der Waals surface area contributed by atoms with E-state index < -0.39 is 30.3 Å². The zero-order valence-electron chi connectivity index (χ0n) is 18.4. The zero-order chi connectivity index (χ0) is 23.0. The van der Waals surface area contributed by atoms with E-state index in [-0.39, 0.29) is 0 Å². The Morgan fingerprint density at radius 2 is 1.00 bits per heavy atom. The first-order valence-electron chi connectivity index (χ1n) is 10.6. The Morgan fingerprint density at radius 3 is 1.32 bits per heavy atom. The van der Waals surface area contributed by atoms with Crippen molar-refractivity contribution in [3.63, 3.8) is 0 Å². The van der Waals surface area contributed by atoms with Crippen molar-refractivity contribution in [1.29, 1.82) is 0 Å². The Bertz CT molecular complexity index is 910. The lowest BCUT2D eigenvalue weighted by atomic mass is 9.97. The van der Waals surface area contributed by atoms with Crippen LogP contribution in [0.4, 0.5) is 0 Å². The van der Waals surface area contributed by atoms with Gasteiger partial charge in [-0.3, -0.25) is 9.59 Å². The lowest BCUT2D eigenvalue weighted by molar-refractivity contribution is -0.147. The third kappa shape index (κ3) is 5.87. The van der Waals surface area contributed by atoms with E-state index in [2.05, 4.69) is 0 Å². The maximum Gasteiger partial charge on any atom is 0.346 e. The van der Waals surface area contributed by atoms with Gasteiger partial charge < -0.3 is 9.47 Å². The number of hydrogen-bond donors (Lipinski definition) is 0. The highest BCUT2D eigenvalue weighted by Crippen LogP contribution is 2.19. The van der Waals surface area contributed by atoms with E-state index in [9.17, 15) is 19.2 Å². The molecule has 0 spiro atoms. The number of hydrogen-bond acceptors (Lipinski definition) is 6. The smallest absolute Gasteiger partial charge is 0.346 e. The molecule has 0 unspecified atom stereocenters. The molecule has 0 N–H and O–H groups in total. The van der Waals surface area contributed by atoms with Gasteiger partial charge in [0, 0.05) is 0 Å². The van der Waals surface area contributed by atoms with Crippen LogP contribution in [-0.4, -0.2) is 23.9 Å². The third-order valence-corrected chi connectivity index (χ3v) is 5.16. The summed E-state index contributed by atoms with van der Waals surface area (Å²) in [5.41, 5.74) is 4.20. The molecule has 164 valence electrons. The molecule has 0 bridgehead atoms. The first-order valence-corrected chi connectivity index (χ1v) is 10.6. The van der Waals surface area contributed by atoms with Crippen LogP contribution < -0.4 is 0 Å². The fourth-order valence-electron chi connectivity index (χ4n) is 3.66. The molecule has 0 aliphatic carbocycles. The molecule has 31 heavy (non-hydrogen) atoms. The van der Waals surface area contributed by atoms with Crippen molar-refractivity contribution in [3.8, 4) is 0 Å². The van der Waals surface area contributed by atoms with Crippen LogP contribution in [0.25, 0.3) is 0 Å².